The van der Waals surface area contributed by atoms with Gasteiger partial charge in [0.05, 0.1) is 11.3 Å². The summed E-state index contributed by atoms with van der Waals surface area (Å²) in [5, 5.41) is 3.05. The van der Waals surface area contributed by atoms with Crippen molar-refractivity contribution >= 4 is 34.4 Å². The lowest BCUT2D eigenvalue weighted by Crippen LogP contribution is -2.32. The number of halogens is 1. The van der Waals surface area contributed by atoms with Gasteiger partial charge < -0.3 is 10.2 Å². The molecule has 0 atom stereocenters. The molecule has 1 fully saturated rings. The monoisotopic (exact) mass is 427 g/mol. The van der Waals surface area contributed by atoms with Gasteiger partial charge in [0.1, 0.15) is 11.5 Å². The van der Waals surface area contributed by atoms with Crippen molar-refractivity contribution in [1.82, 2.24) is 0 Å². The molecule has 2 aliphatic heterocycles. The molecule has 32 heavy (non-hydrogen) atoms. The Morgan fingerprint density at radius 1 is 0.719 bits per heavy atom. The molecule has 0 unspecified atom stereocenters. The molecule has 5 nitrogen and oxygen atoms in total. The third-order valence-corrected chi connectivity index (χ3v) is 5.84. The molecule has 0 saturated carbocycles. The number of hydrogen-bond acceptors (Lipinski definition) is 4. The molecule has 1 saturated heterocycles. The highest BCUT2D eigenvalue weighted by Gasteiger charge is 2.40. The maximum atomic E-state index is 13.4. The predicted molar refractivity (Wildman–Crippen MR) is 124 cm³/mol. The van der Waals surface area contributed by atoms with Crippen LogP contribution >= 0.6 is 0 Å². The Hall–Kier alpha value is -3.93. The average molecular weight is 427 g/mol. The maximum absolute atomic E-state index is 13.4. The van der Waals surface area contributed by atoms with E-state index >= 15 is 0 Å². The smallest absolute Gasteiger partial charge is 0.282 e. The second-order valence-corrected chi connectivity index (χ2v) is 7.90. The highest BCUT2D eigenvalue weighted by atomic mass is 19.1. The first-order valence-electron chi connectivity index (χ1n) is 10.7. The Morgan fingerprint density at radius 3 is 2.00 bits per heavy atom. The molecule has 5 rings (SSSR count). The Bertz CT molecular complexity index is 1180. The molecular formula is C26H22FN3O2. The lowest BCUT2D eigenvalue weighted by atomic mass is 10.0. The lowest BCUT2D eigenvalue weighted by Gasteiger charge is -2.20. The summed E-state index contributed by atoms with van der Waals surface area (Å²) in [6.07, 6.45) is 2.35. The molecule has 6 heteroatoms. The quantitative estimate of drug-likeness (QED) is 0.593. The van der Waals surface area contributed by atoms with E-state index in [-0.39, 0.29) is 17.4 Å². The van der Waals surface area contributed by atoms with E-state index in [4.69, 9.17) is 0 Å². The SMILES string of the molecule is O=C1C(Nc2ccc(F)cc2)=C(c2ccccc2)C(=O)N1c1ccc(N2CCCC2)cc1. The summed E-state index contributed by atoms with van der Waals surface area (Å²) in [4.78, 5) is 30.4. The van der Waals surface area contributed by atoms with E-state index in [9.17, 15) is 14.0 Å². The molecule has 2 amide bonds. The second-order valence-electron chi connectivity index (χ2n) is 7.90. The summed E-state index contributed by atoms with van der Waals surface area (Å²) in [6.45, 7) is 2.04. The minimum absolute atomic E-state index is 0.177. The van der Waals surface area contributed by atoms with Gasteiger partial charge in [-0.1, -0.05) is 30.3 Å². The van der Waals surface area contributed by atoms with E-state index in [0.29, 0.717) is 22.5 Å². The van der Waals surface area contributed by atoms with Crippen molar-refractivity contribution in [2.24, 2.45) is 0 Å². The highest BCUT2D eigenvalue weighted by Crippen LogP contribution is 2.34. The fraction of sp³-hybridized carbons (Fsp3) is 0.154. The van der Waals surface area contributed by atoms with Crippen molar-refractivity contribution in [2.75, 3.05) is 28.2 Å². The normalized spacial score (nSPS) is 16.3. The minimum atomic E-state index is -0.438. The fourth-order valence-electron chi connectivity index (χ4n) is 4.22. The summed E-state index contributed by atoms with van der Waals surface area (Å²) in [6, 6.07) is 22.3. The molecule has 3 aromatic rings. The van der Waals surface area contributed by atoms with Gasteiger partial charge in [0.2, 0.25) is 0 Å². The van der Waals surface area contributed by atoms with Crippen molar-refractivity contribution in [1.29, 1.82) is 0 Å². The van der Waals surface area contributed by atoms with Gasteiger partial charge in [-0.3, -0.25) is 9.59 Å². The van der Waals surface area contributed by atoms with Crippen LogP contribution in [0, 0.1) is 5.82 Å². The molecule has 0 aromatic heterocycles. The summed E-state index contributed by atoms with van der Waals surface area (Å²) < 4.78 is 13.3. The van der Waals surface area contributed by atoms with Crippen LogP contribution in [-0.2, 0) is 9.59 Å². The van der Waals surface area contributed by atoms with E-state index in [0.717, 1.165) is 18.8 Å². The number of rotatable bonds is 5. The van der Waals surface area contributed by atoms with Crippen LogP contribution in [0.3, 0.4) is 0 Å². The van der Waals surface area contributed by atoms with Crippen LogP contribution in [0.4, 0.5) is 21.5 Å². The van der Waals surface area contributed by atoms with E-state index in [1.807, 2.05) is 42.5 Å². The Balaban J connectivity index is 1.51. The summed E-state index contributed by atoms with van der Waals surface area (Å²) in [5.41, 5.74) is 3.26. The first-order chi connectivity index (χ1) is 15.6. The van der Waals surface area contributed by atoms with Gasteiger partial charge in [0.25, 0.3) is 11.8 Å². The first-order valence-corrected chi connectivity index (χ1v) is 10.7. The van der Waals surface area contributed by atoms with Crippen LogP contribution < -0.4 is 15.1 Å². The summed E-state index contributed by atoms with van der Waals surface area (Å²) in [7, 11) is 0. The first kappa shape index (κ1) is 20.0. The number of nitrogens with one attached hydrogen (secondary N) is 1. The average Bonchev–Trinajstić information content (AvgIpc) is 3.43. The van der Waals surface area contributed by atoms with Crippen molar-refractivity contribution in [2.45, 2.75) is 12.8 Å². The number of imide groups is 1. The van der Waals surface area contributed by atoms with Gasteiger partial charge >= 0.3 is 0 Å². The van der Waals surface area contributed by atoms with Crippen LogP contribution in [0.25, 0.3) is 5.57 Å². The predicted octanol–water partition coefficient (Wildman–Crippen LogP) is 4.82. The molecule has 3 aromatic carbocycles. The van der Waals surface area contributed by atoms with E-state index in [1.165, 1.54) is 42.0 Å². The summed E-state index contributed by atoms with van der Waals surface area (Å²) in [5.74, 6) is -1.20. The van der Waals surface area contributed by atoms with Crippen LogP contribution in [0.1, 0.15) is 18.4 Å². The second kappa shape index (κ2) is 8.30. The van der Waals surface area contributed by atoms with Crippen LogP contribution in [0.15, 0.2) is 84.6 Å². The van der Waals surface area contributed by atoms with Gasteiger partial charge in [-0.15, -0.1) is 0 Å². The zero-order valence-electron chi connectivity index (χ0n) is 17.4. The zero-order valence-corrected chi connectivity index (χ0v) is 17.4. The van der Waals surface area contributed by atoms with Gasteiger partial charge in [-0.05, 0) is 66.9 Å². The van der Waals surface area contributed by atoms with Gasteiger partial charge in [0, 0.05) is 24.5 Å². The number of anilines is 3. The molecule has 2 heterocycles. The van der Waals surface area contributed by atoms with Crippen molar-refractivity contribution in [3.8, 4) is 0 Å². The molecule has 0 spiro atoms. The lowest BCUT2D eigenvalue weighted by molar-refractivity contribution is -0.120. The van der Waals surface area contributed by atoms with Crippen LogP contribution in [0.5, 0.6) is 0 Å². The van der Waals surface area contributed by atoms with E-state index in [2.05, 4.69) is 10.2 Å². The molecule has 160 valence electrons. The minimum Gasteiger partial charge on any atom is -0.372 e. The third kappa shape index (κ3) is 3.64. The number of nitrogens with zero attached hydrogens (tertiary/aromatic N) is 2. The van der Waals surface area contributed by atoms with E-state index < -0.39 is 5.91 Å². The number of benzene rings is 3. The standard InChI is InChI=1S/C26H22FN3O2/c27-19-8-10-20(11-9-19)28-24-23(18-6-2-1-3-7-18)25(31)30(26(24)32)22-14-12-21(13-15-22)29-16-4-5-17-29/h1-3,6-15,28H,4-5,16-17H2. The largest absolute Gasteiger partial charge is 0.372 e. The van der Waals surface area contributed by atoms with E-state index in [1.54, 1.807) is 12.1 Å². The molecule has 1 N–H and O–H groups in total. The van der Waals surface area contributed by atoms with Gasteiger partial charge in [0.15, 0.2) is 0 Å². The number of hydrogen-bond donors (Lipinski definition) is 1. The Kier molecular flexibility index (Phi) is 5.19. The zero-order chi connectivity index (χ0) is 22.1. The Morgan fingerprint density at radius 2 is 1.34 bits per heavy atom. The van der Waals surface area contributed by atoms with Crippen LogP contribution in [0.2, 0.25) is 0 Å². The Labute approximate surface area is 185 Å². The fourth-order valence-corrected chi connectivity index (χ4v) is 4.22. The van der Waals surface area contributed by atoms with Crippen molar-refractivity contribution in [3.05, 3.63) is 95.9 Å². The molecule has 2 aliphatic rings. The molecule has 0 aliphatic carbocycles. The van der Waals surface area contributed by atoms with Gasteiger partial charge in [-0.25, -0.2) is 9.29 Å². The van der Waals surface area contributed by atoms with Gasteiger partial charge in [-0.2, -0.15) is 0 Å². The van der Waals surface area contributed by atoms with Crippen molar-refractivity contribution in [3.63, 3.8) is 0 Å². The third-order valence-electron chi connectivity index (χ3n) is 5.84. The topological polar surface area (TPSA) is 52.7 Å². The molecule has 0 radical (unpaired) electrons. The maximum Gasteiger partial charge on any atom is 0.282 e. The number of carbonyl (C=O) groups excluding carboxylic acids is 2. The number of carbonyl (C=O) groups is 2. The molecule has 0 bridgehead atoms. The molecular weight excluding hydrogens is 405 g/mol. The van der Waals surface area contributed by atoms with Crippen LogP contribution in [-0.4, -0.2) is 24.9 Å². The summed E-state index contributed by atoms with van der Waals surface area (Å²) >= 11 is 0. The highest BCUT2D eigenvalue weighted by molar-refractivity contribution is 6.46. The van der Waals surface area contributed by atoms with Crippen molar-refractivity contribution < 1.29 is 14.0 Å². The number of amides is 2.